The van der Waals surface area contributed by atoms with Gasteiger partial charge in [-0.3, -0.25) is 4.79 Å². The average molecular weight is 421 g/mol. The molecule has 6 nitrogen and oxygen atoms in total. The van der Waals surface area contributed by atoms with Crippen molar-refractivity contribution in [2.75, 3.05) is 0 Å². The lowest BCUT2D eigenvalue weighted by atomic mass is 9.99. The van der Waals surface area contributed by atoms with Crippen LogP contribution in [-0.2, 0) is 16.0 Å². The zero-order valence-corrected chi connectivity index (χ0v) is 18.2. The maximum Gasteiger partial charge on any atom is 0.339 e. The number of aryl methyl sites for hydroxylation is 1. The Hall–Kier alpha value is -2.50. The molecule has 1 rings (SSSR count). The highest BCUT2D eigenvalue weighted by Crippen LogP contribution is 2.28. The first-order valence-corrected chi connectivity index (χ1v) is 11.0. The fourth-order valence-electron chi connectivity index (χ4n) is 3.47. The van der Waals surface area contributed by atoms with E-state index in [-0.39, 0.29) is 23.4 Å². The molecule has 1 unspecified atom stereocenters. The number of aromatic hydroxyl groups is 2. The van der Waals surface area contributed by atoms with E-state index in [1.165, 1.54) is 13.0 Å². The predicted molar refractivity (Wildman–Crippen MR) is 117 cm³/mol. The number of carboxylic acids is 1. The maximum absolute atomic E-state index is 11.3. The number of hydrogen-bond acceptors (Lipinski definition) is 5. The van der Waals surface area contributed by atoms with Crippen molar-refractivity contribution >= 4 is 11.9 Å². The van der Waals surface area contributed by atoms with Crippen LogP contribution in [0.4, 0.5) is 0 Å². The second kappa shape index (κ2) is 14.5. The van der Waals surface area contributed by atoms with Crippen LogP contribution in [0.2, 0.25) is 0 Å². The van der Waals surface area contributed by atoms with Gasteiger partial charge in [-0.05, 0) is 56.2 Å². The van der Waals surface area contributed by atoms with E-state index < -0.39 is 11.7 Å². The Bertz CT molecular complexity index is 695. The molecule has 1 aromatic rings. The molecule has 0 spiro atoms. The Balaban J connectivity index is 2.28. The maximum atomic E-state index is 11.3. The highest BCUT2D eigenvalue weighted by molar-refractivity contribution is 5.92. The van der Waals surface area contributed by atoms with Crippen LogP contribution < -0.4 is 0 Å². The molecular formula is C24H36O6. The molecule has 0 aliphatic rings. The van der Waals surface area contributed by atoms with E-state index in [0.717, 1.165) is 70.3 Å². The van der Waals surface area contributed by atoms with Crippen molar-refractivity contribution in [2.45, 2.75) is 90.6 Å². The smallest absolute Gasteiger partial charge is 0.339 e. The monoisotopic (exact) mass is 420 g/mol. The highest BCUT2D eigenvalue weighted by Gasteiger charge is 2.16. The molecule has 0 bridgehead atoms. The molecule has 0 heterocycles. The number of carbonyl (C=O) groups is 2. The summed E-state index contributed by atoms with van der Waals surface area (Å²) in [5.74, 6) is -1.95. The predicted octanol–water partition coefficient (Wildman–Crippen LogP) is 5.75. The number of esters is 1. The third kappa shape index (κ3) is 10.3. The van der Waals surface area contributed by atoms with E-state index in [1.807, 2.05) is 6.08 Å². The van der Waals surface area contributed by atoms with Gasteiger partial charge in [0.1, 0.15) is 23.2 Å². The Labute approximate surface area is 179 Å². The SMILES string of the molecule is CCCCCC(C=CCCCCCCCc1cc(O)cc(O)c1C(=O)O)OC(C)=O. The normalized spacial score (nSPS) is 12.2. The van der Waals surface area contributed by atoms with Gasteiger partial charge >= 0.3 is 11.9 Å². The summed E-state index contributed by atoms with van der Waals surface area (Å²) < 4.78 is 5.34. The lowest BCUT2D eigenvalue weighted by molar-refractivity contribution is -0.144. The van der Waals surface area contributed by atoms with E-state index in [0.29, 0.717) is 12.0 Å². The van der Waals surface area contributed by atoms with E-state index in [9.17, 15) is 24.9 Å². The van der Waals surface area contributed by atoms with Gasteiger partial charge in [-0.15, -0.1) is 0 Å². The van der Waals surface area contributed by atoms with E-state index in [4.69, 9.17) is 4.74 Å². The van der Waals surface area contributed by atoms with Gasteiger partial charge in [0.25, 0.3) is 0 Å². The summed E-state index contributed by atoms with van der Waals surface area (Å²) in [5.41, 5.74) is 0.335. The van der Waals surface area contributed by atoms with Gasteiger partial charge in [-0.1, -0.05) is 45.1 Å². The van der Waals surface area contributed by atoms with Gasteiger partial charge < -0.3 is 20.1 Å². The number of allylic oxidation sites excluding steroid dienone is 1. The number of rotatable bonds is 15. The number of hydrogen-bond donors (Lipinski definition) is 3. The minimum atomic E-state index is -1.18. The minimum Gasteiger partial charge on any atom is -0.508 e. The molecule has 0 radical (unpaired) electrons. The van der Waals surface area contributed by atoms with Crippen molar-refractivity contribution in [2.24, 2.45) is 0 Å². The summed E-state index contributed by atoms with van der Waals surface area (Å²) in [5, 5.41) is 28.6. The molecule has 0 aromatic heterocycles. The topological polar surface area (TPSA) is 104 Å². The van der Waals surface area contributed by atoms with Gasteiger partial charge in [0, 0.05) is 13.0 Å². The number of phenolic OH excluding ortho intramolecular Hbond substituents is 1. The van der Waals surface area contributed by atoms with Crippen LogP contribution in [0, 0.1) is 0 Å². The molecule has 0 aliphatic carbocycles. The Morgan fingerprint density at radius 1 is 1.03 bits per heavy atom. The number of benzene rings is 1. The molecule has 168 valence electrons. The lowest BCUT2D eigenvalue weighted by Crippen LogP contribution is -2.13. The summed E-state index contributed by atoms with van der Waals surface area (Å²) >= 11 is 0. The zero-order valence-electron chi connectivity index (χ0n) is 18.2. The largest absolute Gasteiger partial charge is 0.508 e. The molecule has 1 atom stereocenters. The second-order valence-corrected chi connectivity index (χ2v) is 7.68. The fraction of sp³-hybridized carbons (Fsp3) is 0.583. The number of ether oxygens (including phenoxy) is 1. The first-order chi connectivity index (χ1) is 14.3. The molecule has 6 heteroatoms. The Kier molecular flexibility index (Phi) is 12.3. The van der Waals surface area contributed by atoms with Crippen LogP contribution in [0.5, 0.6) is 11.5 Å². The van der Waals surface area contributed by atoms with Gasteiger partial charge in [-0.2, -0.15) is 0 Å². The molecule has 0 aliphatic heterocycles. The van der Waals surface area contributed by atoms with Crippen LogP contribution >= 0.6 is 0 Å². The van der Waals surface area contributed by atoms with E-state index in [2.05, 4.69) is 13.0 Å². The van der Waals surface area contributed by atoms with Gasteiger partial charge in [0.15, 0.2) is 0 Å². The molecular weight excluding hydrogens is 384 g/mol. The molecule has 3 N–H and O–H groups in total. The third-order valence-corrected chi connectivity index (χ3v) is 4.98. The van der Waals surface area contributed by atoms with Crippen molar-refractivity contribution in [3.8, 4) is 11.5 Å². The quantitative estimate of drug-likeness (QED) is 0.190. The van der Waals surface area contributed by atoms with Crippen molar-refractivity contribution in [3.05, 3.63) is 35.4 Å². The lowest BCUT2D eigenvalue weighted by Gasteiger charge is -2.12. The summed E-state index contributed by atoms with van der Waals surface area (Å²) in [6.45, 7) is 3.59. The van der Waals surface area contributed by atoms with Gasteiger partial charge in [0.2, 0.25) is 0 Å². The number of carboxylic acid groups (broad SMARTS) is 1. The summed E-state index contributed by atoms with van der Waals surface area (Å²) in [4.78, 5) is 22.5. The molecule has 0 amide bonds. The van der Waals surface area contributed by atoms with Crippen LogP contribution in [0.25, 0.3) is 0 Å². The van der Waals surface area contributed by atoms with Crippen molar-refractivity contribution in [1.82, 2.24) is 0 Å². The molecule has 1 aromatic carbocycles. The molecule has 30 heavy (non-hydrogen) atoms. The number of unbranched alkanes of at least 4 members (excludes halogenated alkanes) is 7. The molecule has 0 saturated carbocycles. The number of aromatic carboxylic acids is 1. The first kappa shape index (κ1) is 25.5. The second-order valence-electron chi connectivity index (χ2n) is 7.68. The Morgan fingerprint density at radius 3 is 2.40 bits per heavy atom. The van der Waals surface area contributed by atoms with Crippen molar-refractivity contribution in [1.29, 1.82) is 0 Å². The summed E-state index contributed by atoms with van der Waals surface area (Å²) in [6, 6.07) is 2.46. The summed E-state index contributed by atoms with van der Waals surface area (Å²) in [7, 11) is 0. The van der Waals surface area contributed by atoms with E-state index >= 15 is 0 Å². The van der Waals surface area contributed by atoms with Gasteiger partial charge in [0.05, 0.1) is 0 Å². The minimum absolute atomic E-state index is 0.124. The van der Waals surface area contributed by atoms with E-state index in [1.54, 1.807) is 0 Å². The summed E-state index contributed by atoms with van der Waals surface area (Å²) in [6.07, 6.45) is 14.5. The standard InChI is InChI=1S/C24H36O6/c1-3-4-10-14-21(30-18(2)25)15-12-9-7-5-6-8-11-13-19-16-20(26)17-22(27)23(19)24(28)29/h12,15-17,21,26-27H,3-11,13-14H2,1-2H3,(H,28,29). The number of phenols is 2. The first-order valence-electron chi connectivity index (χ1n) is 11.0. The van der Waals surface area contributed by atoms with Crippen molar-refractivity contribution < 1.29 is 29.6 Å². The number of carbonyl (C=O) groups excluding carboxylic acids is 1. The fourth-order valence-corrected chi connectivity index (χ4v) is 3.47. The van der Waals surface area contributed by atoms with Crippen LogP contribution in [0.3, 0.4) is 0 Å². The highest BCUT2D eigenvalue weighted by atomic mass is 16.5. The van der Waals surface area contributed by atoms with Crippen molar-refractivity contribution in [3.63, 3.8) is 0 Å². The molecule has 0 fully saturated rings. The van der Waals surface area contributed by atoms with Gasteiger partial charge in [-0.25, -0.2) is 4.79 Å². The Morgan fingerprint density at radius 2 is 1.73 bits per heavy atom. The van der Waals surface area contributed by atoms with Crippen LogP contribution in [-0.4, -0.2) is 33.4 Å². The van der Waals surface area contributed by atoms with Crippen LogP contribution in [0.1, 0.15) is 94.0 Å². The third-order valence-electron chi connectivity index (χ3n) is 4.98. The molecule has 0 saturated heterocycles. The zero-order chi connectivity index (χ0) is 22.4. The van der Waals surface area contributed by atoms with Crippen LogP contribution in [0.15, 0.2) is 24.3 Å². The average Bonchev–Trinajstić information content (AvgIpc) is 2.65.